The molecule has 1 aliphatic heterocycles. The number of rotatable bonds is 6. The van der Waals surface area contributed by atoms with Crippen molar-refractivity contribution in [3.05, 3.63) is 58.5 Å². The van der Waals surface area contributed by atoms with Gasteiger partial charge in [-0.15, -0.1) is 0 Å². The number of nitrogens with zero attached hydrogens (tertiary/aromatic N) is 1. The molecule has 0 spiro atoms. The van der Waals surface area contributed by atoms with Gasteiger partial charge in [0.1, 0.15) is 4.90 Å². The first kappa shape index (κ1) is 22.6. The number of hydrogen-bond acceptors (Lipinski definition) is 7. The van der Waals surface area contributed by atoms with E-state index in [1.54, 1.807) is 37.3 Å². The van der Waals surface area contributed by atoms with E-state index in [4.69, 9.17) is 8.92 Å². The molecule has 0 radical (unpaired) electrons. The number of aryl methyl sites for hydroxylation is 1. The van der Waals surface area contributed by atoms with E-state index >= 15 is 0 Å². The van der Waals surface area contributed by atoms with Gasteiger partial charge in [-0.3, -0.25) is 9.59 Å². The maximum absolute atomic E-state index is 12.6. The summed E-state index contributed by atoms with van der Waals surface area (Å²) >= 11 is 1.04. The molecule has 2 amide bonds. The van der Waals surface area contributed by atoms with Gasteiger partial charge in [0.25, 0.3) is 5.91 Å². The molecule has 0 saturated carbocycles. The molecule has 0 saturated heterocycles. The van der Waals surface area contributed by atoms with Crippen LogP contribution in [-0.2, 0) is 19.7 Å². The highest BCUT2D eigenvalue weighted by atomic mass is 32.2. The summed E-state index contributed by atoms with van der Waals surface area (Å²) in [5, 5.41) is 2.68. The van der Waals surface area contributed by atoms with Crippen LogP contribution in [0.25, 0.3) is 6.08 Å². The minimum atomic E-state index is -4.05. The monoisotopic (exact) mass is 460 g/mol. The summed E-state index contributed by atoms with van der Waals surface area (Å²) in [5.41, 5.74) is 1.51. The van der Waals surface area contributed by atoms with Gasteiger partial charge in [0.15, 0.2) is 16.7 Å². The lowest BCUT2D eigenvalue weighted by Crippen LogP contribution is -2.23. The van der Waals surface area contributed by atoms with Crippen molar-refractivity contribution in [2.24, 2.45) is 4.99 Å². The first-order valence-corrected chi connectivity index (χ1v) is 11.5. The zero-order valence-corrected chi connectivity index (χ0v) is 18.7. The Bertz CT molecular complexity index is 1180. The molecule has 162 valence electrons. The predicted molar refractivity (Wildman–Crippen MR) is 118 cm³/mol. The van der Waals surface area contributed by atoms with Crippen LogP contribution in [-0.4, -0.2) is 32.0 Å². The van der Waals surface area contributed by atoms with Gasteiger partial charge in [-0.05, 0) is 61.5 Å². The molecule has 0 unspecified atom stereocenters. The molecule has 0 aromatic heterocycles. The van der Waals surface area contributed by atoms with Crippen LogP contribution in [0, 0.1) is 6.92 Å². The zero-order valence-electron chi connectivity index (χ0n) is 17.0. The molecule has 3 rings (SSSR count). The van der Waals surface area contributed by atoms with E-state index in [0.717, 1.165) is 17.3 Å². The third kappa shape index (κ3) is 5.74. The Morgan fingerprint density at radius 3 is 2.52 bits per heavy atom. The smallest absolute Gasteiger partial charge is 0.339 e. The number of aliphatic imine (C=N–C) groups is 1. The summed E-state index contributed by atoms with van der Waals surface area (Å²) in [6.45, 7) is 5.22. The van der Waals surface area contributed by atoms with Crippen LogP contribution in [0.4, 0.5) is 0 Å². The largest absolute Gasteiger partial charge is 0.490 e. The summed E-state index contributed by atoms with van der Waals surface area (Å²) in [5.74, 6) is -0.555. The van der Waals surface area contributed by atoms with E-state index in [1.807, 2.05) is 6.92 Å². The van der Waals surface area contributed by atoms with Crippen LogP contribution in [0.3, 0.4) is 0 Å². The minimum Gasteiger partial charge on any atom is -0.490 e. The third-order valence-corrected chi connectivity index (χ3v) is 6.13. The first-order valence-electron chi connectivity index (χ1n) is 9.26. The van der Waals surface area contributed by atoms with Crippen LogP contribution in [0.2, 0.25) is 0 Å². The minimum absolute atomic E-state index is 0.0299. The highest BCUT2D eigenvalue weighted by Gasteiger charge is 2.23. The molecule has 31 heavy (non-hydrogen) atoms. The van der Waals surface area contributed by atoms with Crippen LogP contribution in [0.15, 0.2) is 57.3 Å². The topological polar surface area (TPSA) is 111 Å². The van der Waals surface area contributed by atoms with Gasteiger partial charge >= 0.3 is 10.1 Å². The molecule has 1 aliphatic rings. The summed E-state index contributed by atoms with van der Waals surface area (Å²) < 4.78 is 36.1. The molecular formula is C21H20N2O6S2. The number of ether oxygens (including phenoxy) is 1. The Morgan fingerprint density at radius 2 is 1.87 bits per heavy atom. The van der Waals surface area contributed by atoms with Gasteiger partial charge < -0.3 is 14.2 Å². The van der Waals surface area contributed by atoms with Crippen molar-refractivity contribution < 1.29 is 26.9 Å². The number of thioether (sulfide) groups is 1. The zero-order chi connectivity index (χ0) is 22.6. The Morgan fingerprint density at radius 1 is 1.16 bits per heavy atom. The van der Waals surface area contributed by atoms with Gasteiger partial charge in [-0.2, -0.15) is 13.4 Å². The summed E-state index contributed by atoms with van der Waals surface area (Å²) in [7, 11) is -4.05. The van der Waals surface area contributed by atoms with E-state index in [9.17, 15) is 18.0 Å². The SMILES string of the molecule is CCOc1cc(C=C2SC(NC(C)=O)=NC2=O)ccc1OS(=O)(=O)c1ccc(C)cc1. The molecule has 0 bridgehead atoms. The highest BCUT2D eigenvalue weighted by molar-refractivity contribution is 8.18. The lowest BCUT2D eigenvalue weighted by molar-refractivity contribution is -0.117. The number of nitrogens with one attached hydrogen (secondary N) is 1. The first-order chi connectivity index (χ1) is 14.7. The fourth-order valence-corrected chi connectivity index (χ4v) is 4.39. The van der Waals surface area contributed by atoms with Crippen molar-refractivity contribution in [1.82, 2.24) is 5.32 Å². The van der Waals surface area contributed by atoms with Gasteiger partial charge in [0, 0.05) is 6.92 Å². The van der Waals surface area contributed by atoms with Crippen molar-refractivity contribution in [2.45, 2.75) is 25.7 Å². The number of carbonyl (C=O) groups excluding carboxylic acids is 2. The van der Waals surface area contributed by atoms with Gasteiger partial charge in [-0.1, -0.05) is 23.8 Å². The van der Waals surface area contributed by atoms with E-state index in [-0.39, 0.29) is 34.1 Å². The molecule has 0 aliphatic carbocycles. The van der Waals surface area contributed by atoms with E-state index in [1.165, 1.54) is 25.1 Å². The number of benzene rings is 2. The second-order valence-corrected chi connectivity index (χ2v) is 9.08. The Balaban J connectivity index is 1.86. The molecule has 10 heteroatoms. The van der Waals surface area contributed by atoms with E-state index in [2.05, 4.69) is 10.3 Å². The Labute approximate surface area is 184 Å². The van der Waals surface area contributed by atoms with Crippen molar-refractivity contribution in [2.75, 3.05) is 6.61 Å². The second-order valence-electron chi connectivity index (χ2n) is 6.50. The fourth-order valence-electron chi connectivity index (χ4n) is 2.59. The normalized spacial score (nSPS) is 15.0. The standard InChI is InChI=1S/C21H20N2O6S2/c1-4-28-18-11-15(12-19-20(25)23-21(30-19)22-14(3)24)7-10-17(18)29-31(26,27)16-8-5-13(2)6-9-16/h5-12H,4H2,1-3H3,(H,22,23,24,25). The average molecular weight is 461 g/mol. The molecular weight excluding hydrogens is 440 g/mol. The Hall–Kier alpha value is -3.11. The predicted octanol–water partition coefficient (Wildman–Crippen LogP) is 3.27. The lowest BCUT2D eigenvalue weighted by atomic mass is 10.2. The molecule has 1 N–H and O–H groups in total. The summed E-state index contributed by atoms with van der Waals surface area (Å²) in [4.78, 5) is 27.3. The number of carbonyl (C=O) groups is 2. The quantitative estimate of drug-likeness (QED) is 0.520. The maximum atomic E-state index is 12.6. The number of hydrogen-bond donors (Lipinski definition) is 1. The molecule has 0 atom stereocenters. The van der Waals surface area contributed by atoms with Gasteiger partial charge in [0.2, 0.25) is 5.91 Å². The lowest BCUT2D eigenvalue weighted by Gasteiger charge is -2.13. The van der Waals surface area contributed by atoms with Crippen molar-refractivity contribution in [1.29, 1.82) is 0 Å². The van der Waals surface area contributed by atoms with Gasteiger partial charge in [-0.25, -0.2) is 0 Å². The molecule has 2 aromatic rings. The fraction of sp³-hybridized carbons (Fsp3) is 0.190. The summed E-state index contributed by atoms with van der Waals surface area (Å²) in [6.07, 6.45) is 1.58. The van der Waals surface area contributed by atoms with E-state index < -0.39 is 16.0 Å². The highest BCUT2D eigenvalue weighted by Crippen LogP contribution is 2.34. The van der Waals surface area contributed by atoms with Crippen LogP contribution >= 0.6 is 11.8 Å². The van der Waals surface area contributed by atoms with Crippen LogP contribution in [0.5, 0.6) is 11.5 Å². The average Bonchev–Trinajstić information content (AvgIpc) is 3.02. The maximum Gasteiger partial charge on any atom is 0.339 e. The molecule has 0 fully saturated rings. The van der Waals surface area contributed by atoms with Crippen molar-refractivity contribution >= 4 is 44.9 Å². The molecule has 2 aromatic carbocycles. The van der Waals surface area contributed by atoms with E-state index in [0.29, 0.717) is 10.5 Å². The summed E-state index contributed by atoms with van der Waals surface area (Å²) in [6, 6.07) is 10.9. The van der Waals surface area contributed by atoms with Crippen molar-refractivity contribution in [3.8, 4) is 11.5 Å². The Kier molecular flexibility index (Phi) is 6.81. The molecule has 8 nitrogen and oxygen atoms in total. The number of amides is 2. The third-order valence-electron chi connectivity index (χ3n) is 3.98. The van der Waals surface area contributed by atoms with Crippen LogP contribution < -0.4 is 14.2 Å². The molecule has 1 heterocycles. The van der Waals surface area contributed by atoms with Gasteiger partial charge in [0.05, 0.1) is 11.5 Å². The second kappa shape index (κ2) is 9.36. The van der Waals surface area contributed by atoms with Crippen molar-refractivity contribution in [3.63, 3.8) is 0 Å². The van der Waals surface area contributed by atoms with Crippen LogP contribution in [0.1, 0.15) is 25.0 Å². The number of amidine groups is 1.